The van der Waals surface area contributed by atoms with Gasteiger partial charge in [-0.1, -0.05) is 11.3 Å². The number of likely N-dealkylation sites (tertiary alicyclic amines) is 1. The second kappa shape index (κ2) is 5.53. The van der Waals surface area contributed by atoms with E-state index in [0.717, 1.165) is 25.9 Å². The first-order valence-corrected chi connectivity index (χ1v) is 6.98. The molecular weight excluding hydrogens is 250 g/mol. The second-order valence-corrected chi connectivity index (χ2v) is 5.42. The number of aromatic nitrogens is 1. The molecule has 0 aliphatic carbocycles. The van der Waals surface area contributed by atoms with Crippen molar-refractivity contribution in [1.82, 2.24) is 9.88 Å². The Morgan fingerprint density at radius 2 is 2.44 bits per heavy atom. The van der Waals surface area contributed by atoms with Crippen molar-refractivity contribution in [2.75, 3.05) is 30.7 Å². The zero-order valence-corrected chi connectivity index (χ0v) is 11.3. The van der Waals surface area contributed by atoms with Gasteiger partial charge in [0.25, 0.3) is 5.91 Å². The van der Waals surface area contributed by atoms with Crippen molar-refractivity contribution in [3.8, 4) is 0 Å². The lowest BCUT2D eigenvalue weighted by Crippen LogP contribution is -2.45. The largest absolute Gasteiger partial charge is 0.382 e. The highest BCUT2D eigenvalue weighted by Crippen LogP contribution is 2.27. The Bertz CT molecular complexity index is 433. The molecule has 0 bridgehead atoms. The van der Waals surface area contributed by atoms with Gasteiger partial charge < -0.3 is 21.7 Å². The average Bonchev–Trinajstić information content (AvgIpc) is 2.70. The summed E-state index contributed by atoms with van der Waals surface area (Å²) < 4.78 is 0. The average molecular weight is 269 g/mol. The SMILES string of the molecule is CCNc1nc(N)c(C(=O)N2CCCC(N)C2)s1. The van der Waals surface area contributed by atoms with Crippen molar-refractivity contribution in [1.29, 1.82) is 0 Å². The maximum atomic E-state index is 12.3. The van der Waals surface area contributed by atoms with Crippen molar-refractivity contribution in [3.05, 3.63) is 4.88 Å². The van der Waals surface area contributed by atoms with Crippen LogP contribution >= 0.6 is 11.3 Å². The van der Waals surface area contributed by atoms with Crippen molar-refractivity contribution in [3.63, 3.8) is 0 Å². The molecule has 18 heavy (non-hydrogen) atoms. The molecule has 1 aliphatic rings. The first kappa shape index (κ1) is 13.1. The van der Waals surface area contributed by atoms with Gasteiger partial charge in [-0.2, -0.15) is 0 Å². The van der Waals surface area contributed by atoms with Crippen LogP contribution in [0.4, 0.5) is 10.9 Å². The maximum absolute atomic E-state index is 12.3. The van der Waals surface area contributed by atoms with E-state index in [9.17, 15) is 4.79 Å². The van der Waals surface area contributed by atoms with Gasteiger partial charge >= 0.3 is 0 Å². The lowest BCUT2D eigenvalue weighted by atomic mass is 10.1. The minimum atomic E-state index is -0.0516. The number of piperidine rings is 1. The van der Waals surface area contributed by atoms with E-state index in [-0.39, 0.29) is 11.9 Å². The number of nitrogen functional groups attached to an aromatic ring is 1. The first-order chi connectivity index (χ1) is 8.61. The summed E-state index contributed by atoms with van der Waals surface area (Å²) in [4.78, 5) is 18.7. The first-order valence-electron chi connectivity index (χ1n) is 6.16. The van der Waals surface area contributed by atoms with Crippen molar-refractivity contribution < 1.29 is 4.79 Å². The van der Waals surface area contributed by atoms with E-state index in [1.165, 1.54) is 11.3 Å². The van der Waals surface area contributed by atoms with Crippen LogP contribution in [-0.2, 0) is 0 Å². The predicted molar refractivity (Wildman–Crippen MR) is 73.8 cm³/mol. The quantitative estimate of drug-likeness (QED) is 0.751. The molecule has 6 nitrogen and oxygen atoms in total. The number of hydrogen-bond donors (Lipinski definition) is 3. The summed E-state index contributed by atoms with van der Waals surface area (Å²) >= 11 is 1.31. The van der Waals surface area contributed by atoms with E-state index >= 15 is 0 Å². The van der Waals surface area contributed by atoms with Crippen LogP contribution < -0.4 is 16.8 Å². The lowest BCUT2D eigenvalue weighted by Gasteiger charge is -2.30. The summed E-state index contributed by atoms with van der Waals surface area (Å²) in [6.07, 6.45) is 1.93. The third-order valence-corrected chi connectivity index (χ3v) is 3.94. The van der Waals surface area contributed by atoms with Gasteiger partial charge in [0.15, 0.2) is 5.13 Å². The van der Waals surface area contributed by atoms with E-state index < -0.39 is 0 Å². The molecule has 7 heteroatoms. The number of anilines is 2. The van der Waals surface area contributed by atoms with Crippen LogP contribution in [0.15, 0.2) is 0 Å². The van der Waals surface area contributed by atoms with Crippen LogP contribution in [-0.4, -0.2) is 41.5 Å². The fourth-order valence-electron chi connectivity index (χ4n) is 2.05. The Balaban J connectivity index is 2.12. The normalized spacial score (nSPS) is 19.9. The van der Waals surface area contributed by atoms with Gasteiger partial charge in [0.05, 0.1) is 0 Å². The summed E-state index contributed by atoms with van der Waals surface area (Å²) in [5.41, 5.74) is 11.7. The van der Waals surface area contributed by atoms with Gasteiger partial charge in [0, 0.05) is 25.7 Å². The summed E-state index contributed by atoms with van der Waals surface area (Å²) in [5, 5.41) is 3.76. The number of nitrogens with two attached hydrogens (primary N) is 2. The molecule has 0 aromatic carbocycles. The molecule has 5 N–H and O–H groups in total. The van der Waals surface area contributed by atoms with Crippen LogP contribution in [0.5, 0.6) is 0 Å². The van der Waals surface area contributed by atoms with Gasteiger partial charge in [-0.05, 0) is 19.8 Å². The molecule has 0 spiro atoms. The maximum Gasteiger partial charge on any atom is 0.267 e. The smallest absolute Gasteiger partial charge is 0.267 e. The number of carbonyl (C=O) groups is 1. The van der Waals surface area contributed by atoms with E-state index in [0.29, 0.717) is 22.4 Å². The standard InChI is InChI=1S/C11H19N5OS/c1-2-14-11-15-9(13)8(18-11)10(17)16-5-3-4-7(12)6-16/h7H,2-6,12-13H2,1H3,(H,14,15). The van der Waals surface area contributed by atoms with Gasteiger partial charge in [-0.3, -0.25) is 4.79 Å². The van der Waals surface area contributed by atoms with Crippen LogP contribution in [0.1, 0.15) is 29.4 Å². The molecular formula is C11H19N5OS. The number of hydrogen-bond acceptors (Lipinski definition) is 6. The monoisotopic (exact) mass is 269 g/mol. The van der Waals surface area contributed by atoms with Crippen LogP contribution in [0, 0.1) is 0 Å². The zero-order chi connectivity index (χ0) is 13.1. The van der Waals surface area contributed by atoms with Gasteiger partial charge in [0.2, 0.25) is 0 Å². The fourth-order valence-corrected chi connectivity index (χ4v) is 2.97. The molecule has 1 unspecified atom stereocenters. The Kier molecular flexibility index (Phi) is 4.03. The summed E-state index contributed by atoms with van der Waals surface area (Å²) in [7, 11) is 0. The number of nitrogens with one attached hydrogen (secondary N) is 1. The summed E-state index contributed by atoms with van der Waals surface area (Å²) in [6, 6.07) is 0.0742. The highest BCUT2D eigenvalue weighted by molar-refractivity contribution is 7.18. The van der Waals surface area contributed by atoms with E-state index in [2.05, 4.69) is 10.3 Å². The van der Waals surface area contributed by atoms with Crippen LogP contribution in [0.3, 0.4) is 0 Å². The topological polar surface area (TPSA) is 97.3 Å². The minimum Gasteiger partial charge on any atom is -0.382 e. The number of rotatable bonds is 3. The van der Waals surface area contributed by atoms with Gasteiger partial charge in [-0.25, -0.2) is 4.98 Å². The fraction of sp³-hybridized carbons (Fsp3) is 0.636. The predicted octanol–water partition coefficient (Wildman–Crippen LogP) is 0.720. The highest BCUT2D eigenvalue weighted by Gasteiger charge is 2.26. The third-order valence-electron chi connectivity index (χ3n) is 2.92. The second-order valence-electron chi connectivity index (χ2n) is 4.42. The van der Waals surface area contributed by atoms with Crippen molar-refractivity contribution in [2.45, 2.75) is 25.8 Å². The zero-order valence-electron chi connectivity index (χ0n) is 10.5. The molecule has 1 aromatic heterocycles. The molecule has 1 saturated heterocycles. The number of amides is 1. The Morgan fingerprint density at radius 1 is 1.67 bits per heavy atom. The Labute approximate surface area is 110 Å². The lowest BCUT2D eigenvalue weighted by molar-refractivity contribution is 0.0714. The highest BCUT2D eigenvalue weighted by atomic mass is 32.1. The Hall–Kier alpha value is -1.34. The molecule has 1 amide bonds. The van der Waals surface area contributed by atoms with Gasteiger partial charge in [0.1, 0.15) is 10.7 Å². The Morgan fingerprint density at radius 3 is 3.11 bits per heavy atom. The molecule has 2 heterocycles. The molecule has 1 aliphatic heterocycles. The number of carbonyl (C=O) groups excluding carboxylic acids is 1. The van der Waals surface area contributed by atoms with Crippen molar-refractivity contribution in [2.24, 2.45) is 5.73 Å². The molecule has 100 valence electrons. The van der Waals surface area contributed by atoms with E-state index in [4.69, 9.17) is 11.5 Å². The summed E-state index contributed by atoms with van der Waals surface area (Å²) in [5.74, 6) is 0.254. The van der Waals surface area contributed by atoms with E-state index in [1.807, 2.05) is 6.92 Å². The summed E-state index contributed by atoms with van der Waals surface area (Å²) in [6.45, 7) is 4.09. The number of nitrogens with zero attached hydrogens (tertiary/aromatic N) is 2. The molecule has 0 saturated carbocycles. The van der Waals surface area contributed by atoms with Gasteiger partial charge in [-0.15, -0.1) is 0 Å². The molecule has 2 rings (SSSR count). The third kappa shape index (κ3) is 2.73. The minimum absolute atomic E-state index is 0.0516. The molecule has 1 aromatic rings. The van der Waals surface area contributed by atoms with Crippen molar-refractivity contribution >= 4 is 28.2 Å². The van der Waals surface area contributed by atoms with Crippen LogP contribution in [0.25, 0.3) is 0 Å². The molecule has 1 fully saturated rings. The number of thiazole rings is 1. The van der Waals surface area contributed by atoms with E-state index in [1.54, 1.807) is 4.90 Å². The molecule has 1 atom stereocenters. The molecule has 0 radical (unpaired) electrons. The van der Waals surface area contributed by atoms with Crippen LogP contribution in [0.2, 0.25) is 0 Å².